The normalized spacial score (nSPS) is 43.1. The number of rotatable bonds is 15. The molecule has 0 radical (unpaired) electrons. The standard InChI is InChI=1S/C39H68O6S/c1-25(2)11-10-12-26(3)30-15-16-31-29-14-13-27-23-28(17-19-38(27,4)32(29)18-20-39(30,31)5)44-21-8-6-7-9-22-46-37-36(43)35(42)34(41)33(24-40)45-37/h13,25-26,28-37,40-43H,6-12,14-24H2,1-5H3/t26-,28+,29?,30-,31?,32?,33-,34-,35+,36-,37+,38+,39-/m1/s1. The van der Waals surface area contributed by atoms with Crippen LogP contribution in [0.2, 0.25) is 0 Å². The van der Waals surface area contributed by atoms with Crippen molar-refractivity contribution in [3.63, 3.8) is 0 Å². The Labute approximate surface area is 284 Å². The van der Waals surface area contributed by atoms with E-state index in [1.54, 1.807) is 5.57 Å². The van der Waals surface area contributed by atoms with Crippen LogP contribution < -0.4 is 0 Å². The third-order valence-corrected chi connectivity index (χ3v) is 15.0. The summed E-state index contributed by atoms with van der Waals surface area (Å²) in [6, 6.07) is 0. The fourth-order valence-corrected chi connectivity index (χ4v) is 12.2. The van der Waals surface area contributed by atoms with Crippen molar-refractivity contribution < 1.29 is 29.9 Å². The van der Waals surface area contributed by atoms with E-state index in [2.05, 4.69) is 40.7 Å². The first-order valence-electron chi connectivity index (χ1n) is 19.2. The van der Waals surface area contributed by atoms with E-state index >= 15 is 0 Å². The fourth-order valence-electron chi connectivity index (χ4n) is 11.0. The molecule has 266 valence electrons. The lowest BCUT2D eigenvalue weighted by Gasteiger charge is -2.58. The van der Waals surface area contributed by atoms with Crippen LogP contribution in [0.25, 0.3) is 0 Å². The lowest BCUT2D eigenvalue weighted by molar-refractivity contribution is -0.205. The van der Waals surface area contributed by atoms with Crippen LogP contribution in [0.4, 0.5) is 0 Å². The lowest BCUT2D eigenvalue weighted by Crippen LogP contribution is -2.57. The number of allylic oxidation sites excluding steroid dienone is 1. The smallest absolute Gasteiger partial charge is 0.132 e. The second-order valence-electron chi connectivity index (χ2n) is 17.0. The fraction of sp³-hybridized carbons (Fsp3) is 0.949. The van der Waals surface area contributed by atoms with E-state index in [1.807, 2.05) is 0 Å². The number of hydrogen-bond acceptors (Lipinski definition) is 7. The Morgan fingerprint density at radius 2 is 1.67 bits per heavy atom. The van der Waals surface area contributed by atoms with Gasteiger partial charge in [0.25, 0.3) is 0 Å². The summed E-state index contributed by atoms with van der Waals surface area (Å²) in [6.45, 7) is 13.1. The topological polar surface area (TPSA) is 99.4 Å². The van der Waals surface area contributed by atoms with E-state index in [9.17, 15) is 20.4 Å². The summed E-state index contributed by atoms with van der Waals surface area (Å²) < 4.78 is 12.1. The molecule has 1 saturated heterocycles. The van der Waals surface area contributed by atoms with Crippen molar-refractivity contribution in [2.24, 2.45) is 46.3 Å². The van der Waals surface area contributed by atoms with Crippen molar-refractivity contribution in [1.82, 2.24) is 0 Å². The molecule has 3 saturated carbocycles. The number of ether oxygens (including phenoxy) is 2. The number of thioether (sulfide) groups is 1. The number of fused-ring (bicyclic) bond motifs is 5. The highest BCUT2D eigenvalue weighted by atomic mass is 32.2. The van der Waals surface area contributed by atoms with Gasteiger partial charge in [-0.1, -0.05) is 78.4 Å². The maximum absolute atomic E-state index is 10.2. The van der Waals surface area contributed by atoms with E-state index in [-0.39, 0.29) is 6.61 Å². The molecule has 1 aliphatic heterocycles. The molecule has 4 N–H and O–H groups in total. The number of unbranched alkanes of at least 4 members (excludes halogenated alkanes) is 3. The molecule has 1 heterocycles. The summed E-state index contributed by atoms with van der Waals surface area (Å²) in [6.07, 6.45) is 17.7. The first kappa shape index (κ1) is 37.1. The molecule has 13 atom stereocenters. The van der Waals surface area contributed by atoms with Gasteiger partial charge in [0.1, 0.15) is 29.9 Å². The van der Waals surface area contributed by atoms with Crippen LogP contribution >= 0.6 is 11.8 Å². The molecule has 5 rings (SSSR count). The Balaban J connectivity index is 1.02. The van der Waals surface area contributed by atoms with Crippen LogP contribution in [0.15, 0.2) is 11.6 Å². The van der Waals surface area contributed by atoms with Gasteiger partial charge in [-0.05, 0) is 116 Å². The van der Waals surface area contributed by atoms with Gasteiger partial charge < -0.3 is 29.9 Å². The summed E-state index contributed by atoms with van der Waals surface area (Å²) >= 11 is 1.45. The van der Waals surface area contributed by atoms with Crippen molar-refractivity contribution in [3.8, 4) is 0 Å². The van der Waals surface area contributed by atoms with E-state index in [1.165, 1.54) is 76.0 Å². The average molecular weight is 665 g/mol. The molecule has 0 bridgehead atoms. The van der Waals surface area contributed by atoms with Crippen molar-refractivity contribution in [1.29, 1.82) is 0 Å². The molecule has 5 aliphatic rings. The first-order valence-corrected chi connectivity index (χ1v) is 20.3. The monoisotopic (exact) mass is 664 g/mol. The largest absolute Gasteiger partial charge is 0.394 e. The molecule has 4 fully saturated rings. The van der Waals surface area contributed by atoms with E-state index in [0.717, 1.165) is 80.0 Å². The number of hydrogen-bond donors (Lipinski definition) is 4. The number of aliphatic hydroxyl groups is 4. The van der Waals surface area contributed by atoms with E-state index in [4.69, 9.17) is 9.47 Å². The van der Waals surface area contributed by atoms with Gasteiger partial charge in [0.15, 0.2) is 0 Å². The molecule has 6 nitrogen and oxygen atoms in total. The van der Waals surface area contributed by atoms with Crippen LogP contribution in [0.5, 0.6) is 0 Å². The highest BCUT2D eigenvalue weighted by Crippen LogP contribution is 2.67. The van der Waals surface area contributed by atoms with Crippen LogP contribution in [0.3, 0.4) is 0 Å². The third kappa shape index (κ3) is 7.92. The zero-order valence-electron chi connectivity index (χ0n) is 29.7. The highest BCUT2D eigenvalue weighted by Gasteiger charge is 2.59. The van der Waals surface area contributed by atoms with E-state index in [0.29, 0.717) is 16.9 Å². The minimum absolute atomic E-state index is 0.369. The second kappa shape index (κ2) is 16.2. The Bertz CT molecular complexity index is 988. The molecular formula is C39H68O6S. The molecule has 7 heteroatoms. The molecule has 4 aliphatic carbocycles. The summed E-state index contributed by atoms with van der Waals surface area (Å²) in [5, 5.41) is 39.5. The lowest BCUT2D eigenvalue weighted by atomic mass is 9.47. The minimum atomic E-state index is -1.29. The molecular weight excluding hydrogens is 596 g/mol. The van der Waals surface area contributed by atoms with Gasteiger partial charge in [0, 0.05) is 6.61 Å². The summed E-state index contributed by atoms with van der Waals surface area (Å²) in [7, 11) is 0. The Kier molecular flexibility index (Phi) is 13.1. The SMILES string of the molecule is CC(C)CCC[C@@H](C)[C@H]1CCC2C3CC=C4C[C@@H](OCCCCCCS[C@@H]5O[C@H](CO)[C@@H](O)[C@H](O)[C@H]5O)CC[C@]4(C)C3CC[C@@]21C. The van der Waals surface area contributed by atoms with Gasteiger partial charge in [-0.2, -0.15) is 0 Å². The molecule has 0 aromatic carbocycles. The summed E-state index contributed by atoms with van der Waals surface area (Å²) in [4.78, 5) is 0. The minimum Gasteiger partial charge on any atom is -0.394 e. The zero-order valence-corrected chi connectivity index (χ0v) is 30.6. The van der Waals surface area contributed by atoms with Crippen LogP contribution in [0, 0.1) is 46.3 Å². The maximum atomic E-state index is 10.2. The van der Waals surface area contributed by atoms with Gasteiger partial charge in [-0.15, -0.1) is 11.8 Å². The van der Waals surface area contributed by atoms with Crippen LogP contribution in [-0.4, -0.2) is 75.3 Å². The summed E-state index contributed by atoms with van der Waals surface area (Å²) in [5.41, 5.74) is 2.03. The van der Waals surface area contributed by atoms with Crippen LogP contribution in [0.1, 0.15) is 131 Å². The zero-order chi connectivity index (χ0) is 33.1. The molecule has 0 amide bonds. The highest BCUT2D eigenvalue weighted by molar-refractivity contribution is 7.99. The van der Waals surface area contributed by atoms with Crippen molar-refractivity contribution in [2.75, 3.05) is 19.0 Å². The second-order valence-corrected chi connectivity index (χ2v) is 18.2. The Hall–Kier alpha value is -0.150. The van der Waals surface area contributed by atoms with Crippen molar-refractivity contribution in [3.05, 3.63) is 11.6 Å². The molecule has 0 aromatic heterocycles. The van der Waals surface area contributed by atoms with Gasteiger partial charge >= 0.3 is 0 Å². The van der Waals surface area contributed by atoms with Crippen molar-refractivity contribution >= 4 is 11.8 Å². The molecule has 46 heavy (non-hydrogen) atoms. The molecule has 3 unspecified atom stereocenters. The van der Waals surface area contributed by atoms with Gasteiger partial charge in [0.05, 0.1) is 12.7 Å². The third-order valence-electron chi connectivity index (χ3n) is 13.8. The van der Waals surface area contributed by atoms with Crippen LogP contribution in [-0.2, 0) is 9.47 Å². The summed E-state index contributed by atoms with van der Waals surface area (Å²) in [5.74, 6) is 6.10. The average Bonchev–Trinajstić information content (AvgIpc) is 3.39. The Morgan fingerprint density at radius 3 is 2.43 bits per heavy atom. The quantitative estimate of drug-likeness (QED) is 0.106. The Morgan fingerprint density at radius 1 is 0.891 bits per heavy atom. The maximum Gasteiger partial charge on any atom is 0.132 e. The van der Waals surface area contributed by atoms with Crippen molar-refractivity contribution in [2.45, 2.75) is 167 Å². The first-order chi connectivity index (χ1) is 22.0. The number of aliphatic hydroxyl groups excluding tert-OH is 4. The van der Waals surface area contributed by atoms with E-state index < -0.39 is 29.9 Å². The molecule has 0 aromatic rings. The van der Waals surface area contributed by atoms with Gasteiger partial charge in [0.2, 0.25) is 0 Å². The predicted molar refractivity (Wildman–Crippen MR) is 187 cm³/mol. The van der Waals surface area contributed by atoms with Gasteiger partial charge in [-0.3, -0.25) is 0 Å². The molecule has 0 spiro atoms. The van der Waals surface area contributed by atoms with Gasteiger partial charge in [-0.25, -0.2) is 0 Å². The predicted octanol–water partition coefficient (Wildman–Crippen LogP) is 7.51.